The van der Waals surface area contributed by atoms with Crippen molar-refractivity contribution in [2.75, 3.05) is 17.4 Å². The predicted molar refractivity (Wildman–Crippen MR) is 144 cm³/mol. The number of nitrogens with zero attached hydrogens (tertiary/aromatic N) is 1. The quantitative estimate of drug-likeness (QED) is 0.427. The van der Waals surface area contributed by atoms with Gasteiger partial charge >= 0.3 is 0 Å². The molecule has 0 aromatic heterocycles. The maximum Gasteiger partial charge on any atom is 0.0837 e. The summed E-state index contributed by atoms with van der Waals surface area (Å²) in [7, 11) is 0. The fraction of sp³-hybridized carbons (Fsp3) is 0.400. The van der Waals surface area contributed by atoms with Gasteiger partial charge in [0.2, 0.25) is 0 Å². The Morgan fingerprint density at radius 3 is 1.27 bits per heavy atom. The molecule has 0 atom stereocenters. The third-order valence-electron chi connectivity index (χ3n) is 6.37. The molecule has 3 nitrogen and oxygen atoms in total. The smallest absolute Gasteiger partial charge is 0.0837 e. The number of rotatable bonds is 4. The number of hydrogen-bond donors (Lipinski definition) is 2. The van der Waals surface area contributed by atoms with Crippen LogP contribution in [0.1, 0.15) is 66.5 Å². The molecule has 0 spiro atoms. The van der Waals surface area contributed by atoms with Gasteiger partial charge in [0.15, 0.2) is 0 Å². The first-order valence-corrected chi connectivity index (χ1v) is 12.1. The molecule has 0 saturated carbocycles. The van der Waals surface area contributed by atoms with E-state index in [9.17, 15) is 0 Å². The summed E-state index contributed by atoms with van der Waals surface area (Å²) in [5.74, 6) is 0.545. The van der Waals surface area contributed by atoms with E-state index in [2.05, 4.69) is 132 Å². The minimum absolute atomic E-state index is 0.150. The molecule has 0 saturated heterocycles. The Bertz CT molecular complexity index is 1020. The molecule has 0 radical (unpaired) electrons. The second-order valence-electron chi connectivity index (χ2n) is 11.8. The van der Waals surface area contributed by atoms with Gasteiger partial charge in [0.1, 0.15) is 0 Å². The van der Waals surface area contributed by atoms with Crippen LogP contribution in [0.15, 0.2) is 60.7 Å². The first-order valence-electron chi connectivity index (χ1n) is 12.1. The second-order valence-corrected chi connectivity index (χ2v) is 11.8. The van der Waals surface area contributed by atoms with Crippen LogP contribution in [0.5, 0.6) is 0 Å². The van der Waals surface area contributed by atoms with Gasteiger partial charge in [-0.15, -0.1) is 5.12 Å². The molecule has 3 aromatic rings. The minimum atomic E-state index is 0.150. The third kappa shape index (κ3) is 4.94. The van der Waals surface area contributed by atoms with Gasteiger partial charge in [0, 0.05) is 17.7 Å². The van der Waals surface area contributed by atoms with Crippen LogP contribution in [0.3, 0.4) is 0 Å². The van der Waals surface area contributed by atoms with E-state index in [1.54, 1.807) is 0 Å². The van der Waals surface area contributed by atoms with Gasteiger partial charge in [-0.2, -0.15) is 0 Å². The maximum atomic E-state index is 3.65. The lowest BCUT2D eigenvalue weighted by molar-refractivity contribution is 0.356. The fourth-order valence-corrected chi connectivity index (χ4v) is 4.37. The van der Waals surface area contributed by atoms with E-state index in [1.807, 2.05) is 0 Å². The lowest BCUT2D eigenvalue weighted by Gasteiger charge is -2.20. The summed E-state index contributed by atoms with van der Waals surface area (Å²) in [5.41, 5.74) is 17.5. The van der Waals surface area contributed by atoms with E-state index in [4.69, 9.17) is 0 Å². The summed E-state index contributed by atoms with van der Waals surface area (Å²) < 4.78 is 0. The summed E-state index contributed by atoms with van der Waals surface area (Å²) in [5, 5.41) is 2.12. The van der Waals surface area contributed by atoms with Crippen molar-refractivity contribution < 1.29 is 0 Å². The molecule has 0 aliphatic carbocycles. The molecule has 2 N–H and O–H groups in total. The Balaban J connectivity index is 1.77. The zero-order valence-corrected chi connectivity index (χ0v) is 21.5. The van der Waals surface area contributed by atoms with Gasteiger partial charge in [-0.05, 0) is 39.0 Å². The summed E-state index contributed by atoms with van der Waals surface area (Å²) in [6, 6.07) is 22.6. The van der Waals surface area contributed by atoms with Crippen molar-refractivity contribution in [3.8, 4) is 22.3 Å². The molecule has 0 amide bonds. The van der Waals surface area contributed by atoms with E-state index in [1.165, 1.54) is 33.4 Å². The average Bonchev–Trinajstić information content (AvgIpc) is 3.14. The monoisotopic (exact) mass is 441 g/mol. The van der Waals surface area contributed by atoms with Crippen molar-refractivity contribution in [2.24, 2.45) is 5.92 Å². The number of anilines is 2. The molecule has 1 aliphatic heterocycles. The van der Waals surface area contributed by atoms with E-state index < -0.39 is 0 Å². The minimum Gasteiger partial charge on any atom is -0.299 e. The van der Waals surface area contributed by atoms with Gasteiger partial charge in [-0.25, -0.2) is 0 Å². The van der Waals surface area contributed by atoms with Crippen molar-refractivity contribution in [2.45, 2.75) is 66.2 Å². The highest BCUT2D eigenvalue weighted by molar-refractivity contribution is 5.97. The second kappa shape index (κ2) is 8.53. The van der Waals surface area contributed by atoms with E-state index in [0.717, 1.165) is 17.9 Å². The van der Waals surface area contributed by atoms with Crippen molar-refractivity contribution in [3.63, 3.8) is 0 Å². The molecule has 3 heteroatoms. The van der Waals surface area contributed by atoms with Crippen molar-refractivity contribution in [1.29, 1.82) is 0 Å². The number of hydrogen-bond acceptors (Lipinski definition) is 3. The van der Waals surface area contributed by atoms with Crippen LogP contribution in [-0.4, -0.2) is 11.7 Å². The van der Waals surface area contributed by atoms with Crippen LogP contribution in [-0.2, 0) is 10.8 Å². The molecular formula is C30H39N3. The Kier molecular flexibility index (Phi) is 6.05. The van der Waals surface area contributed by atoms with Gasteiger partial charge in [-0.3, -0.25) is 10.9 Å². The van der Waals surface area contributed by atoms with E-state index in [0.29, 0.717) is 5.92 Å². The van der Waals surface area contributed by atoms with Crippen molar-refractivity contribution >= 4 is 11.4 Å². The van der Waals surface area contributed by atoms with Crippen LogP contribution >= 0.6 is 0 Å². The maximum absolute atomic E-state index is 3.65. The van der Waals surface area contributed by atoms with Crippen LogP contribution in [0.25, 0.3) is 22.3 Å². The fourth-order valence-electron chi connectivity index (χ4n) is 4.37. The third-order valence-corrected chi connectivity index (χ3v) is 6.37. The topological polar surface area (TPSA) is 27.3 Å². The molecular weight excluding hydrogens is 402 g/mol. The lowest BCUT2D eigenvalue weighted by Crippen LogP contribution is -2.33. The molecule has 1 heterocycles. The molecule has 0 fully saturated rings. The van der Waals surface area contributed by atoms with E-state index >= 15 is 0 Å². The molecule has 4 rings (SSSR count). The normalized spacial score (nSPS) is 14.2. The Hall–Kier alpha value is -2.78. The number of fused-ring (bicyclic) bond motifs is 1. The van der Waals surface area contributed by atoms with Gasteiger partial charge < -0.3 is 0 Å². The summed E-state index contributed by atoms with van der Waals surface area (Å²) >= 11 is 0. The number of hydrazine groups is 2. The van der Waals surface area contributed by atoms with Crippen LogP contribution in [0.2, 0.25) is 0 Å². The Labute approximate surface area is 200 Å². The highest BCUT2D eigenvalue weighted by Gasteiger charge is 2.26. The zero-order valence-electron chi connectivity index (χ0n) is 21.5. The number of benzene rings is 3. The average molecular weight is 442 g/mol. The molecule has 1 aliphatic rings. The standard InChI is InChI=1S/C30H39N3/c1-20(2)19-33-31-27-25(21-9-13-23(14-10-21)29(3,4)5)17-18-26(28(27)32-33)22-11-15-24(16-12-22)30(6,7)8/h9-18,20,31-32H,19H2,1-8H3. The Morgan fingerprint density at radius 1 is 0.606 bits per heavy atom. The highest BCUT2D eigenvalue weighted by atomic mass is 15.8. The molecule has 0 unspecified atom stereocenters. The highest BCUT2D eigenvalue weighted by Crippen LogP contribution is 2.45. The first kappa shape index (κ1) is 23.4. The van der Waals surface area contributed by atoms with Crippen molar-refractivity contribution in [3.05, 3.63) is 71.8 Å². The molecule has 174 valence electrons. The molecule has 0 bridgehead atoms. The SMILES string of the molecule is CC(C)CN1Nc2c(-c3ccc(C(C)(C)C)cc3)ccc(-c3ccc(C(C)(C)C)cc3)c2N1. The summed E-state index contributed by atoms with van der Waals surface area (Å²) in [6.45, 7) is 18.9. The van der Waals surface area contributed by atoms with E-state index in [-0.39, 0.29) is 10.8 Å². The summed E-state index contributed by atoms with van der Waals surface area (Å²) in [4.78, 5) is 0. The van der Waals surface area contributed by atoms with Gasteiger partial charge in [0.05, 0.1) is 11.4 Å². The van der Waals surface area contributed by atoms with Crippen LogP contribution in [0, 0.1) is 5.92 Å². The largest absolute Gasteiger partial charge is 0.299 e. The summed E-state index contributed by atoms with van der Waals surface area (Å²) in [6.07, 6.45) is 0. The van der Waals surface area contributed by atoms with Crippen LogP contribution < -0.4 is 10.9 Å². The first-order chi connectivity index (χ1) is 15.4. The number of nitrogens with one attached hydrogen (secondary N) is 2. The zero-order chi connectivity index (χ0) is 24.0. The lowest BCUT2D eigenvalue weighted by atomic mass is 9.85. The van der Waals surface area contributed by atoms with Gasteiger partial charge in [-0.1, -0.05) is 116 Å². The molecule has 33 heavy (non-hydrogen) atoms. The Morgan fingerprint density at radius 2 is 0.970 bits per heavy atom. The van der Waals surface area contributed by atoms with Crippen molar-refractivity contribution in [1.82, 2.24) is 5.12 Å². The predicted octanol–water partition coefficient (Wildman–Crippen LogP) is 8.24. The molecule has 3 aromatic carbocycles. The van der Waals surface area contributed by atoms with Gasteiger partial charge in [0.25, 0.3) is 0 Å². The van der Waals surface area contributed by atoms with Crippen LogP contribution in [0.4, 0.5) is 11.4 Å².